The van der Waals surface area contributed by atoms with Gasteiger partial charge in [-0.1, -0.05) is 18.2 Å². The molecule has 0 aliphatic heterocycles. The molecule has 7 nitrogen and oxygen atoms in total. The summed E-state index contributed by atoms with van der Waals surface area (Å²) in [6, 6.07) is 5.80. The van der Waals surface area contributed by atoms with E-state index < -0.39 is 0 Å². The minimum atomic E-state index is -0.327. The Balaban J connectivity index is 1.88. The van der Waals surface area contributed by atoms with Crippen LogP contribution in [0.4, 0.5) is 5.69 Å². The number of para-hydroxylation sites is 1. The average molecular weight is 389 g/mol. The number of benzene rings is 1. The Morgan fingerprint density at radius 3 is 2.32 bits per heavy atom. The van der Waals surface area contributed by atoms with E-state index in [0.29, 0.717) is 19.1 Å². The van der Waals surface area contributed by atoms with E-state index in [0.717, 1.165) is 29.7 Å². The van der Waals surface area contributed by atoms with Crippen molar-refractivity contribution in [3.8, 4) is 0 Å². The highest BCUT2D eigenvalue weighted by Gasteiger charge is 2.27. The second kappa shape index (κ2) is 10.2. The normalized spacial score (nSPS) is 13.3. The summed E-state index contributed by atoms with van der Waals surface area (Å²) in [4.78, 5) is 40.0. The van der Waals surface area contributed by atoms with Crippen molar-refractivity contribution in [3.63, 3.8) is 0 Å². The number of carbonyl (C=O) groups is 3. The van der Waals surface area contributed by atoms with E-state index in [9.17, 15) is 14.4 Å². The van der Waals surface area contributed by atoms with E-state index in [1.807, 2.05) is 36.9 Å². The predicted octanol–water partition coefficient (Wildman–Crippen LogP) is 1.98. The maximum atomic E-state index is 12.6. The molecule has 2 rings (SSSR count). The molecule has 0 bridgehead atoms. The first-order valence-corrected chi connectivity index (χ1v) is 9.78. The van der Waals surface area contributed by atoms with Gasteiger partial charge in [-0.2, -0.15) is 0 Å². The molecule has 1 fully saturated rings. The molecule has 0 radical (unpaired) electrons. The zero-order chi connectivity index (χ0) is 20.7. The van der Waals surface area contributed by atoms with E-state index in [4.69, 9.17) is 4.74 Å². The van der Waals surface area contributed by atoms with Crippen molar-refractivity contribution in [2.75, 3.05) is 45.2 Å². The molecule has 0 unspecified atom stereocenters. The zero-order valence-corrected chi connectivity index (χ0v) is 17.3. The maximum absolute atomic E-state index is 12.6. The number of hydrogen-bond acceptors (Lipinski definition) is 5. The van der Waals surface area contributed by atoms with Gasteiger partial charge in [-0.3, -0.25) is 19.3 Å². The number of amides is 2. The highest BCUT2D eigenvalue weighted by molar-refractivity contribution is 5.95. The first-order valence-electron chi connectivity index (χ1n) is 9.78. The molecule has 1 N–H and O–H groups in total. The Kier molecular flexibility index (Phi) is 7.99. The van der Waals surface area contributed by atoms with Crippen molar-refractivity contribution in [2.45, 2.75) is 33.6 Å². The lowest BCUT2D eigenvalue weighted by Gasteiger charge is -2.24. The molecule has 1 saturated carbocycles. The van der Waals surface area contributed by atoms with Gasteiger partial charge < -0.3 is 15.0 Å². The number of ether oxygens (including phenoxy) is 1. The Hall–Kier alpha value is -2.41. The number of hydrogen-bond donors (Lipinski definition) is 1. The van der Waals surface area contributed by atoms with Crippen molar-refractivity contribution in [1.29, 1.82) is 0 Å². The van der Waals surface area contributed by atoms with E-state index in [1.54, 1.807) is 14.0 Å². The van der Waals surface area contributed by atoms with Gasteiger partial charge in [-0.15, -0.1) is 0 Å². The van der Waals surface area contributed by atoms with Gasteiger partial charge in [0.25, 0.3) is 0 Å². The van der Waals surface area contributed by atoms with Crippen molar-refractivity contribution >= 4 is 23.5 Å². The number of carbonyl (C=O) groups excluding carboxylic acids is 3. The first kappa shape index (κ1) is 21.9. The van der Waals surface area contributed by atoms with E-state index >= 15 is 0 Å². The Labute approximate surface area is 167 Å². The van der Waals surface area contributed by atoms with Gasteiger partial charge >= 0.3 is 5.97 Å². The maximum Gasteiger partial charge on any atom is 0.320 e. The largest absolute Gasteiger partial charge is 0.465 e. The third-order valence-corrected chi connectivity index (χ3v) is 4.78. The summed E-state index contributed by atoms with van der Waals surface area (Å²) in [5, 5.41) is 2.89. The van der Waals surface area contributed by atoms with Gasteiger partial charge in [0.15, 0.2) is 0 Å². The third-order valence-electron chi connectivity index (χ3n) is 4.78. The summed E-state index contributed by atoms with van der Waals surface area (Å²) in [7, 11) is 1.60. The Bertz CT molecular complexity index is 695. The van der Waals surface area contributed by atoms with Crippen molar-refractivity contribution in [1.82, 2.24) is 9.80 Å². The van der Waals surface area contributed by atoms with Gasteiger partial charge in [-0.05, 0) is 50.7 Å². The van der Waals surface area contributed by atoms with E-state index in [1.165, 1.54) is 4.90 Å². The molecule has 0 heterocycles. The molecule has 0 spiro atoms. The van der Waals surface area contributed by atoms with Gasteiger partial charge in [0, 0.05) is 19.3 Å². The molecule has 2 amide bonds. The minimum Gasteiger partial charge on any atom is -0.465 e. The van der Waals surface area contributed by atoms with Crippen LogP contribution in [-0.2, 0) is 19.1 Å². The number of aryl methyl sites for hydroxylation is 2. The highest BCUT2D eigenvalue weighted by Crippen LogP contribution is 2.29. The topological polar surface area (TPSA) is 79.0 Å². The summed E-state index contributed by atoms with van der Waals surface area (Å²) >= 11 is 0. The molecule has 0 aromatic heterocycles. The molecular weight excluding hydrogens is 358 g/mol. The Morgan fingerprint density at radius 2 is 1.75 bits per heavy atom. The van der Waals surface area contributed by atoms with Gasteiger partial charge in [0.1, 0.15) is 0 Å². The van der Waals surface area contributed by atoms with Gasteiger partial charge in [0.2, 0.25) is 11.8 Å². The summed E-state index contributed by atoms with van der Waals surface area (Å²) in [5.41, 5.74) is 2.74. The predicted molar refractivity (Wildman–Crippen MR) is 108 cm³/mol. The smallest absolute Gasteiger partial charge is 0.320 e. The molecule has 154 valence electrons. The molecule has 0 saturated heterocycles. The van der Waals surface area contributed by atoms with E-state index in [2.05, 4.69) is 5.32 Å². The van der Waals surface area contributed by atoms with Crippen LogP contribution in [0.1, 0.15) is 30.9 Å². The third kappa shape index (κ3) is 6.96. The second-order valence-corrected chi connectivity index (χ2v) is 7.48. The van der Waals surface area contributed by atoms with Crippen LogP contribution in [0.2, 0.25) is 0 Å². The fourth-order valence-electron chi connectivity index (χ4n) is 3.05. The van der Waals surface area contributed by atoms with Crippen LogP contribution in [0.25, 0.3) is 0 Å². The number of esters is 1. The number of nitrogens with one attached hydrogen (secondary N) is 1. The van der Waals surface area contributed by atoms with E-state index in [-0.39, 0.29) is 37.4 Å². The zero-order valence-electron chi connectivity index (χ0n) is 17.3. The van der Waals surface area contributed by atoms with Crippen LogP contribution >= 0.6 is 0 Å². The molecule has 1 aromatic carbocycles. The van der Waals surface area contributed by atoms with Crippen LogP contribution in [-0.4, -0.2) is 67.4 Å². The average Bonchev–Trinajstić information content (AvgIpc) is 3.42. The number of anilines is 1. The quantitative estimate of drug-likeness (QED) is 0.619. The molecule has 1 aliphatic rings. The summed E-state index contributed by atoms with van der Waals surface area (Å²) in [6.45, 7) is 6.81. The van der Waals surface area contributed by atoms with Crippen LogP contribution in [0.15, 0.2) is 18.2 Å². The van der Waals surface area contributed by atoms with Crippen LogP contribution in [0, 0.1) is 19.8 Å². The van der Waals surface area contributed by atoms with Gasteiger partial charge in [0.05, 0.1) is 26.2 Å². The summed E-state index contributed by atoms with van der Waals surface area (Å²) < 4.78 is 5.00. The number of likely N-dealkylation sites (N-methyl/N-ethyl adjacent to an activating group) is 1. The second-order valence-electron chi connectivity index (χ2n) is 7.48. The lowest BCUT2D eigenvalue weighted by Crippen LogP contribution is -2.44. The van der Waals surface area contributed by atoms with Crippen molar-refractivity contribution < 1.29 is 19.1 Å². The van der Waals surface area contributed by atoms with Crippen LogP contribution in [0.3, 0.4) is 0 Å². The SMILES string of the molecule is CCOC(=O)CN(CC(=O)N(C)CC(=O)Nc1c(C)cccc1C)CC1CC1. The van der Waals surface area contributed by atoms with Gasteiger partial charge in [-0.25, -0.2) is 0 Å². The summed E-state index contributed by atoms with van der Waals surface area (Å²) in [6.07, 6.45) is 2.25. The number of nitrogens with zero attached hydrogens (tertiary/aromatic N) is 2. The molecule has 7 heteroatoms. The number of rotatable bonds is 10. The monoisotopic (exact) mass is 389 g/mol. The fraction of sp³-hybridized carbons (Fsp3) is 0.571. The molecule has 0 atom stereocenters. The highest BCUT2D eigenvalue weighted by atomic mass is 16.5. The molecular formula is C21H31N3O4. The van der Waals surface area contributed by atoms with Crippen molar-refractivity contribution in [3.05, 3.63) is 29.3 Å². The first-order chi connectivity index (χ1) is 13.3. The minimum absolute atomic E-state index is 0.0384. The standard InChI is InChI=1S/C21H31N3O4/c1-5-28-20(27)14-24(11-17-9-10-17)13-19(26)23(4)12-18(25)22-21-15(2)7-6-8-16(21)3/h6-8,17H,5,9-14H2,1-4H3,(H,22,25). The lowest BCUT2D eigenvalue weighted by molar-refractivity contribution is -0.145. The molecule has 1 aromatic rings. The van der Waals surface area contributed by atoms with Crippen LogP contribution < -0.4 is 5.32 Å². The lowest BCUT2D eigenvalue weighted by atomic mass is 10.1. The van der Waals surface area contributed by atoms with Crippen LogP contribution in [0.5, 0.6) is 0 Å². The van der Waals surface area contributed by atoms with Crippen molar-refractivity contribution in [2.24, 2.45) is 5.92 Å². The molecule has 1 aliphatic carbocycles. The Morgan fingerprint density at radius 1 is 1.11 bits per heavy atom. The molecule has 28 heavy (non-hydrogen) atoms. The summed E-state index contributed by atoms with van der Waals surface area (Å²) in [5.74, 6) is -0.222. The fourth-order valence-corrected chi connectivity index (χ4v) is 3.05.